The fraction of sp³-hybridized carbons (Fsp3) is 0.0303. The number of benzene rings is 10. The smallest absolute Gasteiger partial charge is 0.0541 e. The quantitative estimate of drug-likeness (QED) is 0.124. The van der Waals surface area contributed by atoms with Crippen molar-refractivity contribution < 1.29 is 0 Å². The van der Waals surface area contributed by atoms with E-state index in [1.54, 1.807) is 12.2 Å². The van der Waals surface area contributed by atoms with Crippen molar-refractivity contribution >= 4 is 38.9 Å². The Bertz CT molecular complexity index is 3500. The maximum Gasteiger partial charge on any atom is 0.0541 e. The zero-order valence-corrected chi connectivity index (χ0v) is 38.6. The molecular weight excluding hydrogens is 821 g/mol. The summed E-state index contributed by atoms with van der Waals surface area (Å²) >= 11 is 0. The first-order valence-corrected chi connectivity index (χ1v) is 23.2. The Morgan fingerprint density at radius 2 is 0.721 bits per heavy atom. The van der Waals surface area contributed by atoms with Gasteiger partial charge in [0.25, 0.3) is 0 Å². The molecule has 0 aliphatic heterocycles. The normalized spacial score (nSPS) is 10.9. The molecule has 0 aliphatic carbocycles. The molecule has 0 fully saturated rings. The fourth-order valence-corrected chi connectivity index (χ4v) is 9.32. The van der Waals surface area contributed by atoms with E-state index in [1.807, 2.05) is 0 Å². The van der Waals surface area contributed by atoms with E-state index >= 15 is 0 Å². The zero-order valence-electron chi connectivity index (χ0n) is 38.6. The monoisotopic (exact) mass is 872 g/mol. The van der Waals surface area contributed by atoms with Gasteiger partial charge in [-0.1, -0.05) is 195 Å². The van der Waals surface area contributed by atoms with Crippen LogP contribution >= 0.6 is 0 Å². The van der Waals surface area contributed by atoms with Gasteiger partial charge in [0.1, 0.15) is 0 Å². The largest absolute Gasteiger partial charge is 0.311 e. The van der Waals surface area contributed by atoms with Crippen LogP contribution in [-0.2, 0) is 0 Å². The standard InChI is InChI=1S/C62H46N2.C4H6/c1-43-13-9-10-18-57(43)59-41-51(22-21-44(59)2)49-27-34-54(35-28-49)63(53-32-23-47(24-33-53)45-14-5-3-6-15-45)55-36-29-50(30-37-55)52-31-40-62-60(42-52)58-19-11-12-20-61(58)64(62)56-38-25-48(26-39-56)46-16-7-4-8-17-46;1-3-4-2/h3-42H,1-2H3;3-4H,1-2H2. The summed E-state index contributed by atoms with van der Waals surface area (Å²) in [6, 6.07) is 88.2. The molecule has 10 aromatic carbocycles. The Morgan fingerprint density at radius 1 is 0.324 bits per heavy atom. The Labute approximate surface area is 400 Å². The first kappa shape index (κ1) is 43.2. The van der Waals surface area contributed by atoms with Gasteiger partial charge in [-0.05, 0) is 153 Å². The number of aromatic nitrogens is 1. The first-order chi connectivity index (χ1) is 33.5. The molecule has 2 nitrogen and oxygen atoms in total. The summed E-state index contributed by atoms with van der Waals surface area (Å²) in [6.07, 6.45) is 3.28. The molecule has 0 amide bonds. The number of anilines is 3. The minimum absolute atomic E-state index is 1.10. The van der Waals surface area contributed by atoms with Crippen LogP contribution in [0.4, 0.5) is 17.1 Å². The van der Waals surface area contributed by atoms with Crippen LogP contribution in [0.2, 0.25) is 0 Å². The second kappa shape index (κ2) is 19.4. The van der Waals surface area contributed by atoms with Crippen molar-refractivity contribution in [1.29, 1.82) is 0 Å². The van der Waals surface area contributed by atoms with Crippen LogP contribution < -0.4 is 4.90 Å². The molecule has 0 saturated heterocycles. The van der Waals surface area contributed by atoms with Crippen molar-refractivity contribution in [2.24, 2.45) is 0 Å². The fourth-order valence-electron chi connectivity index (χ4n) is 9.32. The first-order valence-electron chi connectivity index (χ1n) is 23.2. The van der Waals surface area contributed by atoms with Gasteiger partial charge in [-0.25, -0.2) is 0 Å². The average molecular weight is 873 g/mol. The Hall–Kier alpha value is -8.72. The molecule has 68 heavy (non-hydrogen) atoms. The number of aryl methyl sites for hydroxylation is 2. The lowest BCUT2D eigenvalue weighted by molar-refractivity contribution is 1.18. The van der Waals surface area contributed by atoms with Gasteiger partial charge in [0.15, 0.2) is 0 Å². The van der Waals surface area contributed by atoms with Crippen LogP contribution in [-0.4, -0.2) is 4.57 Å². The number of rotatable bonds is 10. The molecule has 0 N–H and O–H groups in total. The highest BCUT2D eigenvalue weighted by molar-refractivity contribution is 6.10. The average Bonchev–Trinajstić information content (AvgIpc) is 3.74. The van der Waals surface area contributed by atoms with E-state index < -0.39 is 0 Å². The molecule has 0 bridgehead atoms. The summed E-state index contributed by atoms with van der Waals surface area (Å²) in [5.41, 5.74) is 21.6. The van der Waals surface area contributed by atoms with Gasteiger partial charge >= 0.3 is 0 Å². The molecule has 0 atom stereocenters. The van der Waals surface area contributed by atoms with Crippen LogP contribution in [0.5, 0.6) is 0 Å². The predicted molar refractivity (Wildman–Crippen MR) is 293 cm³/mol. The molecule has 11 aromatic rings. The number of fused-ring (bicyclic) bond motifs is 3. The lowest BCUT2D eigenvalue weighted by Gasteiger charge is -2.26. The Balaban J connectivity index is 0.00000130. The molecule has 0 saturated carbocycles. The summed E-state index contributed by atoms with van der Waals surface area (Å²) in [5, 5.41) is 2.48. The highest BCUT2D eigenvalue weighted by atomic mass is 15.1. The zero-order chi connectivity index (χ0) is 46.4. The molecule has 2 heteroatoms. The van der Waals surface area contributed by atoms with Crippen LogP contribution in [0.15, 0.2) is 268 Å². The van der Waals surface area contributed by atoms with E-state index in [9.17, 15) is 0 Å². The summed E-state index contributed by atoms with van der Waals surface area (Å²) in [4.78, 5) is 2.36. The van der Waals surface area contributed by atoms with Crippen LogP contribution in [0, 0.1) is 13.8 Å². The van der Waals surface area contributed by atoms with E-state index in [0.29, 0.717) is 0 Å². The number of hydrogen-bond acceptors (Lipinski definition) is 1. The number of nitrogens with zero attached hydrogens (tertiary/aromatic N) is 2. The van der Waals surface area contributed by atoms with Crippen LogP contribution in [0.3, 0.4) is 0 Å². The van der Waals surface area contributed by atoms with E-state index in [2.05, 4.69) is 279 Å². The summed E-state index contributed by atoms with van der Waals surface area (Å²) in [7, 11) is 0. The van der Waals surface area contributed by atoms with Crippen molar-refractivity contribution in [2.45, 2.75) is 13.8 Å². The predicted octanol–water partition coefficient (Wildman–Crippen LogP) is 18.6. The third kappa shape index (κ3) is 8.72. The van der Waals surface area contributed by atoms with E-state index in [4.69, 9.17) is 0 Å². The maximum absolute atomic E-state index is 3.36. The molecule has 0 radical (unpaired) electrons. The third-order valence-electron chi connectivity index (χ3n) is 12.9. The van der Waals surface area contributed by atoms with Gasteiger partial charge in [0.2, 0.25) is 0 Å². The summed E-state index contributed by atoms with van der Waals surface area (Å²) in [6.45, 7) is 11.1. The number of para-hydroxylation sites is 1. The van der Waals surface area contributed by atoms with Crippen LogP contribution in [0.25, 0.3) is 83.1 Å². The Morgan fingerprint density at radius 3 is 1.26 bits per heavy atom. The van der Waals surface area contributed by atoms with Crippen LogP contribution in [0.1, 0.15) is 11.1 Å². The van der Waals surface area contributed by atoms with Gasteiger partial charge in [0.05, 0.1) is 11.0 Å². The van der Waals surface area contributed by atoms with Crippen molar-refractivity contribution in [3.05, 3.63) is 279 Å². The van der Waals surface area contributed by atoms with Crippen molar-refractivity contribution in [1.82, 2.24) is 4.57 Å². The minimum atomic E-state index is 1.10. The second-order valence-electron chi connectivity index (χ2n) is 17.2. The lowest BCUT2D eigenvalue weighted by Crippen LogP contribution is -2.09. The molecular formula is C66H52N2. The molecule has 0 unspecified atom stereocenters. The number of allylic oxidation sites excluding steroid dienone is 2. The topological polar surface area (TPSA) is 8.17 Å². The van der Waals surface area contributed by atoms with Gasteiger partial charge in [-0.3, -0.25) is 0 Å². The van der Waals surface area contributed by atoms with Crippen molar-refractivity contribution in [3.8, 4) is 61.3 Å². The van der Waals surface area contributed by atoms with E-state index in [-0.39, 0.29) is 0 Å². The molecule has 11 rings (SSSR count). The van der Waals surface area contributed by atoms with E-state index in [1.165, 1.54) is 88.6 Å². The molecule has 1 heterocycles. The van der Waals surface area contributed by atoms with Gasteiger partial charge in [0, 0.05) is 33.5 Å². The summed E-state index contributed by atoms with van der Waals surface area (Å²) in [5.74, 6) is 0. The lowest BCUT2D eigenvalue weighted by atomic mass is 9.93. The molecule has 0 aliphatic rings. The van der Waals surface area contributed by atoms with Gasteiger partial charge in [-0.2, -0.15) is 0 Å². The molecule has 1 aromatic heterocycles. The molecule has 0 spiro atoms. The van der Waals surface area contributed by atoms with E-state index in [0.717, 1.165) is 22.7 Å². The highest BCUT2D eigenvalue weighted by Crippen LogP contribution is 2.40. The van der Waals surface area contributed by atoms with Crippen molar-refractivity contribution in [3.63, 3.8) is 0 Å². The maximum atomic E-state index is 3.36. The van der Waals surface area contributed by atoms with Gasteiger partial charge < -0.3 is 9.47 Å². The van der Waals surface area contributed by atoms with Gasteiger partial charge in [-0.15, -0.1) is 0 Å². The minimum Gasteiger partial charge on any atom is -0.311 e. The third-order valence-corrected chi connectivity index (χ3v) is 12.9. The second-order valence-corrected chi connectivity index (χ2v) is 17.2. The SMILES string of the molecule is C=CC=C.Cc1ccccc1-c1cc(-c2ccc(N(c3ccc(-c4ccccc4)cc3)c3ccc(-c4ccc5c(c4)c4ccccc4n5-c4ccc(-c5ccccc5)cc4)cc3)cc2)ccc1C. The summed E-state index contributed by atoms with van der Waals surface area (Å²) < 4.78 is 2.39. The van der Waals surface area contributed by atoms with Crippen molar-refractivity contribution in [2.75, 3.05) is 4.90 Å². The molecule has 326 valence electrons. The number of hydrogen-bond donors (Lipinski definition) is 0. The highest BCUT2D eigenvalue weighted by Gasteiger charge is 2.17. The Kier molecular flexibility index (Phi) is 12.3.